The van der Waals surface area contributed by atoms with E-state index in [1.807, 2.05) is 12.1 Å². The summed E-state index contributed by atoms with van der Waals surface area (Å²) >= 11 is 3.57. The Morgan fingerprint density at radius 3 is 2.65 bits per heavy atom. The molecule has 3 unspecified atom stereocenters. The van der Waals surface area contributed by atoms with Gasteiger partial charge in [0.15, 0.2) is 0 Å². The minimum absolute atomic E-state index is 0.331. The summed E-state index contributed by atoms with van der Waals surface area (Å²) in [5.41, 5.74) is 8.49. The average Bonchev–Trinajstić information content (AvgIpc) is 2.70. The van der Waals surface area contributed by atoms with Gasteiger partial charge in [0.25, 0.3) is 0 Å². The van der Waals surface area contributed by atoms with Crippen LogP contribution in [0.2, 0.25) is 0 Å². The number of nitrogens with two attached hydrogens (primary N) is 1. The Hall–Kier alpha value is -0.540. The van der Waals surface area contributed by atoms with Gasteiger partial charge in [-0.25, -0.2) is 0 Å². The second-order valence-electron chi connectivity index (χ2n) is 7.26. The Morgan fingerprint density at radius 2 is 2.10 bits per heavy atom. The molecule has 1 aromatic carbocycles. The first-order valence-corrected chi connectivity index (χ1v) is 8.29. The molecule has 3 heteroatoms. The third-order valence-electron chi connectivity index (χ3n) is 6.23. The standard InChI is InChI=1S/C17H24BrNO/c1-16(2)12-6-7-17(16,3)15(8-12)20-10-11-4-5-13(19)9-14(11)18/h4-5,9,12,15H,6-8,10,19H2,1-3H3. The van der Waals surface area contributed by atoms with Crippen LogP contribution in [-0.2, 0) is 11.3 Å². The van der Waals surface area contributed by atoms with Crippen LogP contribution in [0.4, 0.5) is 5.69 Å². The molecule has 2 N–H and O–H groups in total. The van der Waals surface area contributed by atoms with E-state index in [1.54, 1.807) is 0 Å². The van der Waals surface area contributed by atoms with Gasteiger partial charge in [0.1, 0.15) is 0 Å². The van der Waals surface area contributed by atoms with E-state index in [1.165, 1.54) is 24.8 Å². The molecular formula is C17H24BrNO. The fraction of sp³-hybridized carbons (Fsp3) is 0.647. The van der Waals surface area contributed by atoms with E-state index in [2.05, 4.69) is 42.8 Å². The van der Waals surface area contributed by atoms with Crippen molar-refractivity contribution < 1.29 is 4.74 Å². The highest BCUT2D eigenvalue weighted by molar-refractivity contribution is 9.10. The summed E-state index contributed by atoms with van der Waals surface area (Å²) in [5.74, 6) is 0.826. The zero-order valence-corrected chi connectivity index (χ0v) is 14.2. The van der Waals surface area contributed by atoms with Gasteiger partial charge in [-0.15, -0.1) is 0 Å². The Kier molecular flexibility index (Phi) is 3.41. The van der Waals surface area contributed by atoms with Gasteiger partial charge < -0.3 is 10.5 Å². The van der Waals surface area contributed by atoms with Crippen molar-refractivity contribution in [3.63, 3.8) is 0 Å². The molecule has 0 aromatic heterocycles. The third-order valence-corrected chi connectivity index (χ3v) is 6.97. The molecular weight excluding hydrogens is 314 g/mol. The number of nitrogen functional groups attached to an aromatic ring is 1. The molecule has 110 valence electrons. The normalized spacial score (nSPS) is 34.6. The highest BCUT2D eigenvalue weighted by Gasteiger charge is 2.61. The van der Waals surface area contributed by atoms with E-state index in [-0.39, 0.29) is 0 Å². The van der Waals surface area contributed by atoms with Crippen LogP contribution >= 0.6 is 15.9 Å². The third kappa shape index (κ3) is 2.01. The number of anilines is 1. The van der Waals surface area contributed by atoms with Crippen LogP contribution in [-0.4, -0.2) is 6.10 Å². The van der Waals surface area contributed by atoms with Crippen LogP contribution in [0.5, 0.6) is 0 Å². The maximum Gasteiger partial charge on any atom is 0.0731 e. The summed E-state index contributed by atoms with van der Waals surface area (Å²) in [6.07, 6.45) is 4.28. The predicted octanol–water partition coefficient (Wildman–Crippen LogP) is 4.76. The summed E-state index contributed by atoms with van der Waals surface area (Å²) < 4.78 is 7.36. The topological polar surface area (TPSA) is 35.2 Å². The van der Waals surface area contributed by atoms with Crippen LogP contribution < -0.4 is 5.73 Å². The average molecular weight is 338 g/mol. The summed E-state index contributed by atoms with van der Waals surface area (Å²) in [5, 5.41) is 0. The Labute approximate surface area is 130 Å². The van der Waals surface area contributed by atoms with Crippen molar-refractivity contribution in [3.05, 3.63) is 28.2 Å². The van der Waals surface area contributed by atoms with Crippen molar-refractivity contribution in [3.8, 4) is 0 Å². The van der Waals surface area contributed by atoms with Crippen molar-refractivity contribution in [1.29, 1.82) is 0 Å². The highest BCUT2D eigenvalue weighted by atomic mass is 79.9. The van der Waals surface area contributed by atoms with E-state index >= 15 is 0 Å². The number of ether oxygens (including phenoxy) is 1. The summed E-state index contributed by atoms with van der Waals surface area (Å²) in [4.78, 5) is 0. The van der Waals surface area contributed by atoms with Crippen molar-refractivity contribution >= 4 is 21.6 Å². The second kappa shape index (κ2) is 4.74. The fourth-order valence-corrected chi connectivity index (χ4v) is 4.76. The van der Waals surface area contributed by atoms with Gasteiger partial charge in [-0.05, 0) is 53.7 Å². The molecule has 1 aromatic rings. The van der Waals surface area contributed by atoms with Crippen molar-refractivity contribution in [2.45, 2.75) is 52.7 Å². The summed E-state index contributed by atoms with van der Waals surface area (Å²) in [7, 11) is 0. The molecule has 2 aliphatic carbocycles. The Balaban J connectivity index is 1.71. The number of benzene rings is 1. The minimum atomic E-state index is 0.331. The maximum atomic E-state index is 6.31. The molecule has 2 fully saturated rings. The Bertz CT molecular complexity index is 528. The molecule has 0 aliphatic heterocycles. The van der Waals surface area contributed by atoms with Crippen LogP contribution in [0.1, 0.15) is 45.6 Å². The lowest BCUT2D eigenvalue weighted by molar-refractivity contribution is -0.0552. The molecule has 3 rings (SSSR count). The number of halogens is 1. The zero-order valence-electron chi connectivity index (χ0n) is 12.6. The predicted molar refractivity (Wildman–Crippen MR) is 86.4 cm³/mol. The summed E-state index contributed by atoms with van der Waals surface area (Å²) in [6, 6.07) is 5.95. The highest BCUT2D eigenvalue weighted by Crippen LogP contribution is 2.66. The molecule has 0 radical (unpaired) electrons. The van der Waals surface area contributed by atoms with Crippen LogP contribution in [0.3, 0.4) is 0 Å². The van der Waals surface area contributed by atoms with Gasteiger partial charge in [-0.3, -0.25) is 0 Å². The van der Waals surface area contributed by atoms with Gasteiger partial charge in [-0.1, -0.05) is 42.8 Å². The lowest BCUT2D eigenvalue weighted by atomic mass is 9.70. The SMILES string of the molecule is CC1(C)C2CCC1(C)C(OCc1ccc(N)cc1Br)C2. The monoisotopic (exact) mass is 337 g/mol. The molecule has 2 nitrogen and oxygen atoms in total. The smallest absolute Gasteiger partial charge is 0.0731 e. The lowest BCUT2D eigenvalue weighted by Gasteiger charge is -2.39. The minimum Gasteiger partial charge on any atom is -0.399 e. The largest absolute Gasteiger partial charge is 0.399 e. The van der Waals surface area contributed by atoms with Crippen molar-refractivity contribution in [2.75, 3.05) is 5.73 Å². The van der Waals surface area contributed by atoms with Gasteiger partial charge >= 0.3 is 0 Å². The molecule has 20 heavy (non-hydrogen) atoms. The first-order chi connectivity index (χ1) is 9.34. The molecule has 2 aliphatic rings. The van der Waals surface area contributed by atoms with Gasteiger partial charge in [0.05, 0.1) is 12.7 Å². The molecule has 0 amide bonds. The van der Waals surface area contributed by atoms with Gasteiger partial charge in [0, 0.05) is 10.2 Å². The number of rotatable bonds is 3. The number of hydrogen-bond acceptors (Lipinski definition) is 2. The van der Waals surface area contributed by atoms with Crippen molar-refractivity contribution in [1.82, 2.24) is 0 Å². The van der Waals surface area contributed by atoms with Crippen LogP contribution in [0, 0.1) is 16.7 Å². The molecule has 2 bridgehead atoms. The fourth-order valence-electron chi connectivity index (χ4n) is 4.25. The zero-order chi connectivity index (χ0) is 14.5. The van der Waals surface area contributed by atoms with E-state index in [4.69, 9.17) is 10.5 Å². The molecule has 0 spiro atoms. The van der Waals surface area contributed by atoms with Crippen molar-refractivity contribution in [2.24, 2.45) is 16.7 Å². The molecule has 0 saturated heterocycles. The lowest BCUT2D eigenvalue weighted by Crippen LogP contribution is -2.37. The number of hydrogen-bond donors (Lipinski definition) is 1. The number of fused-ring (bicyclic) bond motifs is 2. The molecule has 3 atom stereocenters. The van der Waals surface area contributed by atoms with E-state index in [0.29, 0.717) is 23.5 Å². The first-order valence-electron chi connectivity index (χ1n) is 7.50. The van der Waals surface area contributed by atoms with E-state index < -0.39 is 0 Å². The summed E-state index contributed by atoms with van der Waals surface area (Å²) in [6.45, 7) is 7.94. The van der Waals surface area contributed by atoms with E-state index in [0.717, 1.165) is 16.1 Å². The second-order valence-corrected chi connectivity index (χ2v) is 8.12. The van der Waals surface area contributed by atoms with Crippen LogP contribution in [0.25, 0.3) is 0 Å². The van der Waals surface area contributed by atoms with Crippen LogP contribution in [0.15, 0.2) is 22.7 Å². The van der Waals surface area contributed by atoms with Gasteiger partial charge in [0.2, 0.25) is 0 Å². The molecule has 2 saturated carbocycles. The van der Waals surface area contributed by atoms with E-state index in [9.17, 15) is 0 Å². The first kappa shape index (κ1) is 14.4. The maximum absolute atomic E-state index is 6.31. The molecule has 0 heterocycles. The van der Waals surface area contributed by atoms with Gasteiger partial charge in [-0.2, -0.15) is 0 Å². The quantitative estimate of drug-likeness (QED) is 0.806. The Morgan fingerprint density at radius 1 is 1.35 bits per heavy atom.